The van der Waals surface area contributed by atoms with Crippen LogP contribution in [0.1, 0.15) is 40.5 Å². The van der Waals surface area contributed by atoms with E-state index in [4.69, 9.17) is 10.5 Å². The Morgan fingerprint density at radius 2 is 1.77 bits per heavy atom. The highest BCUT2D eigenvalue weighted by Crippen LogP contribution is 2.17. The first-order valence-electron chi connectivity index (χ1n) is 9.53. The quantitative estimate of drug-likeness (QED) is 0.379. The third-order valence-corrected chi connectivity index (χ3v) is 4.68. The summed E-state index contributed by atoms with van der Waals surface area (Å²) in [6.45, 7) is 14.9. The number of amides is 1. The lowest BCUT2D eigenvalue weighted by atomic mass is 10.1. The lowest BCUT2D eigenvalue weighted by molar-refractivity contribution is 0.0186. The number of rotatable bonds is 4. The molecule has 1 unspecified atom stereocenters. The minimum atomic E-state index is -0.457. The number of ether oxygens (including phenoxy) is 1. The Morgan fingerprint density at radius 3 is 2.35 bits per heavy atom. The van der Waals surface area contributed by atoms with E-state index in [1.165, 1.54) is 25.9 Å². The van der Waals surface area contributed by atoms with Gasteiger partial charge in [-0.15, -0.1) is 24.0 Å². The molecule has 2 rings (SSSR count). The van der Waals surface area contributed by atoms with Crippen LogP contribution in [0.5, 0.6) is 0 Å². The second-order valence-corrected chi connectivity index (χ2v) is 8.11. The van der Waals surface area contributed by atoms with E-state index in [9.17, 15) is 4.79 Å². The number of carbonyl (C=O) groups is 1. The Hall–Kier alpha value is -0.770. The molecule has 0 radical (unpaired) electrons. The van der Waals surface area contributed by atoms with Crippen molar-refractivity contribution in [2.45, 2.75) is 46.1 Å². The second kappa shape index (κ2) is 10.5. The second-order valence-electron chi connectivity index (χ2n) is 8.11. The van der Waals surface area contributed by atoms with Gasteiger partial charge in [-0.2, -0.15) is 0 Å². The zero-order valence-corrected chi connectivity index (χ0v) is 19.1. The molecule has 2 aliphatic heterocycles. The van der Waals surface area contributed by atoms with Crippen LogP contribution in [0.2, 0.25) is 0 Å². The number of halogens is 1. The molecule has 0 spiro atoms. The van der Waals surface area contributed by atoms with Crippen LogP contribution in [0.15, 0.2) is 4.99 Å². The van der Waals surface area contributed by atoms with Crippen LogP contribution in [-0.4, -0.2) is 84.7 Å². The van der Waals surface area contributed by atoms with E-state index in [-0.39, 0.29) is 30.1 Å². The van der Waals surface area contributed by atoms with Crippen molar-refractivity contribution < 1.29 is 9.53 Å². The average Bonchev–Trinajstić information content (AvgIpc) is 2.99. The van der Waals surface area contributed by atoms with Crippen molar-refractivity contribution in [2.75, 3.05) is 52.4 Å². The number of aliphatic imine (C=N–C) groups is 1. The molecule has 2 N–H and O–H groups in total. The van der Waals surface area contributed by atoms with Crippen LogP contribution in [0, 0.1) is 5.92 Å². The van der Waals surface area contributed by atoms with Gasteiger partial charge in [-0.05, 0) is 52.6 Å². The van der Waals surface area contributed by atoms with Gasteiger partial charge < -0.3 is 25.2 Å². The number of nitrogens with zero attached hydrogens (tertiary/aromatic N) is 4. The Bertz CT molecular complexity index is 473. The van der Waals surface area contributed by atoms with Gasteiger partial charge in [0.05, 0.1) is 0 Å². The maximum atomic E-state index is 12.1. The molecule has 0 saturated carbocycles. The van der Waals surface area contributed by atoms with Gasteiger partial charge in [0.15, 0.2) is 5.96 Å². The predicted octanol–water partition coefficient (Wildman–Crippen LogP) is 2.20. The van der Waals surface area contributed by atoms with E-state index in [1.807, 2.05) is 20.8 Å². The number of guanidine groups is 1. The fraction of sp³-hybridized carbons (Fsp3) is 0.889. The van der Waals surface area contributed by atoms with Crippen LogP contribution in [0.3, 0.4) is 0 Å². The average molecular weight is 481 g/mol. The van der Waals surface area contributed by atoms with Crippen molar-refractivity contribution in [3.63, 3.8) is 0 Å². The van der Waals surface area contributed by atoms with Crippen molar-refractivity contribution in [2.24, 2.45) is 16.6 Å². The van der Waals surface area contributed by atoms with E-state index in [1.54, 1.807) is 4.90 Å². The standard InChI is InChI=1S/C18H35N5O2.HI/c1-5-7-21-8-6-15(14-21)13-20-16(19)22-9-11-23(12-10-22)17(24)25-18(2,3)4;/h15H,5-14H2,1-4H3,(H2,19,20);1H. The lowest BCUT2D eigenvalue weighted by Gasteiger charge is -2.36. The summed E-state index contributed by atoms with van der Waals surface area (Å²) in [6, 6.07) is 0. The highest BCUT2D eigenvalue weighted by atomic mass is 127. The fourth-order valence-electron chi connectivity index (χ4n) is 3.35. The molecule has 1 amide bonds. The molecule has 26 heavy (non-hydrogen) atoms. The van der Waals surface area contributed by atoms with Crippen molar-refractivity contribution in [3.8, 4) is 0 Å². The Kier molecular flexibility index (Phi) is 9.43. The maximum Gasteiger partial charge on any atom is 0.410 e. The SMILES string of the molecule is CCCN1CCC(CN=C(N)N2CCN(C(=O)OC(C)(C)C)CC2)C1.I. The first-order chi connectivity index (χ1) is 11.8. The summed E-state index contributed by atoms with van der Waals surface area (Å²) in [5.74, 6) is 1.23. The fourth-order valence-corrected chi connectivity index (χ4v) is 3.35. The molecular weight excluding hydrogens is 445 g/mol. The van der Waals surface area contributed by atoms with E-state index in [2.05, 4.69) is 21.7 Å². The molecule has 7 nitrogen and oxygen atoms in total. The molecule has 2 aliphatic rings. The highest BCUT2D eigenvalue weighted by Gasteiger charge is 2.27. The first-order valence-corrected chi connectivity index (χ1v) is 9.53. The molecule has 8 heteroatoms. The maximum absolute atomic E-state index is 12.1. The number of nitrogens with two attached hydrogens (primary N) is 1. The van der Waals surface area contributed by atoms with Crippen LogP contribution in [0.4, 0.5) is 4.79 Å². The zero-order chi connectivity index (χ0) is 18.4. The van der Waals surface area contributed by atoms with Crippen molar-refractivity contribution in [1.29, 1.82) is 0 Å². The molecule has 1 atom stereocenters. The first kappa shape index (κ1) is 23.3. The smallest absolute Gasteiger partial charge is 0.410 e. The van der Waals surface area contributed by atoms with Crippen LogP contribution in [-0.2, 0) is 4.74 Å². The van der Waals surface area contributed by atoms with Crippen molar-refractivity contribution in [3.05, 3.63) is 0 Å². The van der Waals surface area contributed by atoms with Gasteiger partial charge in [0.1, 0.15) is 5.60 Å². The van der Waals surface area contributed by atoms with Crippen LogP contribution >= 0.6 is 24.0 Å². The molecule has 0 aromatic carbocycles. The molecule has 0 aromatic rings. The summed E-state index contributed by atoms with van der Waals surface area (Å²) in [6.07, 6.45) is 2.17. The molecule has 2 fully saturated rings. The van der Waals surface area contributed by atoms with Crippen LogP contribution in [0.25, 0.3) is 0 Å². The molecule has 0 aliphatic carbocycles. The van der Waals surface area contributed by atoms with Gasteiger partial charge in [0.25, 0.3) is 0 Å². The number of hydrogen-bond donors (Lipinski definition) is 1. The summed E-state index contributed by atoms with van der Waals surface area (Å²) in [5, 5.41) is 0. The predicted molar refractivity (Wildman–Crippen MR) is 116 cm³/mol. The largest absolute Gasteiger partial charge is 0.444 e. The van der Waals surface area contributed by atoms with E-state index in [0.717, 1.165) is 13.1 Å². The molecule has 0 bridgehead atoms. The third-order valence-electron chi connectivity index (χ3n) is 4.68. The third kappa shape index (κ3) is 7.46. The number of likely N-dealkylation sites (tertiary alicyclic amines) is 1. The van der Waals surface area contributed by atoms with Gasteiger partial charge in [-0.1, -0.05) is 6.92 Å². The van der Waals surface area contributed by atoms with Gasteiger partial charge in [-0.25, -0.2) is 4.79 Å². The Labute approximate surface area is 175 Å². The molecular formula is C18H36IN5O2. The monoisotopic (exact) mass is 481 g/mol. The van der Waals surface area contributed by atoms with Gasteiger partial charge >= 0.3 is 6.09 Å². The topological polar surface area (TPSA) is 74.4 Å². The van der Waals surface area contributed by atoms with Crippen LogP contribution < -0.4 is 5.73 Å². The van der Waals surface area contributed by atoms with E-state index < -0.39 is 5.60 Å². The van der Waals surface area contributed by atoms with Crippen molar-refractivity contribution in [1.82, 2.24) is 14.7 Å². The number of carbonyl (C=O) groups excluding carboxylic acids is 1. The molecule has 2 heterocycles. The van der Waals surface area contributed by atoms with Crippen molar-refractivity contribution >= 4 is 36.0 Å². The van der Waals surface area contributed by atoms with Gasteiger partial charge in [-0.3, -0.25) is 4.99 Å². The van der Waals surface area contributed by atoms with E-state index >= 15 is 0 Å². The number of hydrogen-bond acceptors (Lipinski definition) is 4. The Balaban J connectivity index is 0.00000338. The van der Waals surface area contributed by atoms with E-state index in [0.29, 0.717) is 38.1 Å². The molecule has 2 saturated heterocycles. The van der Waals surface area contributed by atoms with Gasteiger partial charge in [0.2, 0.25) is 0 Å². The normalized spacial score (nSPS) is 22.3. The zero-order valence-electron chi connectivity index (χ0n) is 16.7. The molecule has 0 aromatic heterocycles. The summed E-state index contributed by atoms with van der Waals surface area (Å²) in [7, 11) is 0. The lowest BCUT2D eigenvalue weighted by Crippen LogP contribution is -2.53. The summed E-state index contributed by atoms with van der Waals surface area (Å²) in [5.41, 5.74) is 5.71. The van der Waals surface area contributed by atoms with Gasteiger partial charge in [0, 0.05) is 39.3 Å². The highest BCUT2D eigenvalue weighted by molar-refractivity contribution is 14.0. The summed E-state index contributed by atoms with van der Waals surface area (Å²) < 4.78 is 5.42. The minimum absolute atomic E-state index is 0. The summed E-state index contributed by atoms with van der Waals surface area (Å²) in [4.78, 5) is 23.0. The minimum Gasteiger partial charge on any atom is -0.444 e. The summed E-state index contributed by atoms with van der Waals surface area (Å²) >= 11 is 0. The Morgan fingerprint density at radius 1 is 1.15 bits per heavy atom. The molecule has 152 valence electrons. The number of piperazine rings is 1.